The number of rotatable bonds is 1. The van der Waals surface area contributed by atoms with Crippen LogP contribution in [0, 0.1) is 6.07 Å². The number of hydrogen-bond acceptors (Lipinski definition) is 1. The van der Waals surface area contributed by atoms with Gasteiger partial charge >= 0.3 is 6.18 Å². The van der Waals surface area contributed by atoms with Gasteiger partial charge in [0, 0.05) is 11.2 Å². The molecule has 0 saturated heterocycles. The summed E-state index contributed by atoms with van der Waals surface area (Å²) in [7, 11) is 0. The summed E-state index contributed by atoms with van der Waals surface area (Å²) in [5.41, 5.74) is -0.991. The molecule has 0 aliphatic carbocycles. The van der Waals surface area contributed by atoms with Gasteiger partial charge in [0.1, 0.15) is 0 Å². The van der Waals surface area contributed by atoms with Crippen molar-refractivity contribution in [2.45, 2.75) is 32.5 Å². The maximum Gasteiger partial charge on any atom is 0.418 e. The number of nitrogens with one attached hydrogen (secondary N) is 1. The molecule has 4 heteroatoms. The average Bonchev–Trinajstić information content (AvgIpc) is 1.99. The van der Waals surface area contributed by atoms with Crippen LogP contribution in [0.3, 0.4) is 0 Å². The van der Waals surface area contributed by atoms with Crippen molar-refractivity contribution >= 4 is 5.69 Å². The lowest BCUT2D eigenvalue weighted by molar-refractivity contribution is -0.137. The molecule has 1 nitrogen and oxygen atoms in total. The second-order valence-corrected chi connectivity index (χ2v) is 4.34. The van der Waals surface area contributed by atoms with E-state index >= 15 is 0 Å². The molecule has 0 atom stereocenters. The molecular weight excluding hydrogens is 203 g/mol. The van der Waals surface area contributed by atoms with Crippen molar-refractivity contribution in [3.05, 3.63) is 29.8 Å². The normalized spacial score (nSPS) is 12.7. The van der Waals surface area contributed by atoms with Gasteiger partial charge in [-0.05, 0) is 39.0 Å². The molecule has 0 aliphatic rings. The highest BCUT2D eigenvalue weighted by molar-refractivity contribution is 5.53. The van der Waals surface area contributed by atoms with Crippen LogP contribution in [0.5, 0.6) is 0 Å². The minimum Gasteiger partial charge on any atom is -0.380 e. The number of alkyl halides is 3. The summed E-state index contributed by atoms with van der Waals surface area (Å²) in [6.45, 7) is 5.43. The van der Waals surface area contributed by atoms with Gasteiger partial charge in [-0.2, -0.15) is 13.2 Å². The summed E-state index contributed by atoms with van der Waals surface area (Å²) in [6.07, 6.45) is -4.34. The Morgan fingerprint density at radius 2 is 1.80 bits per heavy atom. The first-order valence-electron chi connectivity index (χ1n) is 4.55. The third kappa shape index (κ3) is 3.46. The van der Waals surface area contributed by atoms with Crippen LogP contribution in [0.4, 0.5) is 18.9 Å². The lowest BCUT2D eigenvalue weighted by atomic mass is 10.1. The lowest BCUT2D eigenvalue weighted by Gasteiger charge is -2.24. The first kappa shape index (κ1) is 11.9. The standard InChI is InChI=1S/C11H13F3N/c1-10(2,3)15-9-7-5-4-6-8(9)11(12,13)14/h5-7,15H,1-3H3. The smallest absolute Gasteiger partial charge is 0.380 e. The van der Waals surface area contributed by atoms with Gasteiger partial charge in [0.2, 0.25) is 0 Å². The van der Waals surface area contributed by atoms with E-state index in [-0.39, 0.29) is 5.69 Å². The number of anilines is 1. The van der Waals surface area contributed by atoms with Gasteiger partial charge in [-0.1, -0.05) is 6.07 Å². The molecule has 0 saturated carbocycles. The van der Waals surface area contributed by atoms with E-state index in [9.17, 15) is 13.2 Å². The Kier molecular flexibility index (Phi) is 2.98. The van der Waals surface area contributed by atoms with Gasteiger partial charge in [-0.25, -0.2) is 0 Å². The Balaban J connectivity index is 3.08. The molecule has 1 rings (SSSR count). The molecule has 0 bridgehead atoms. The molecule has 0 heterocycles. The maximum absolute atomic E-state index is 12.6. The number of halogens is 3. The zero-order valence-corrected chi connectivity index (χ0v) is 8.87. The largest absolute Gasteiger partial charge is 0.418 e. The minimum absolute atomic E-state index is 0.0914. The van der Waals surface area contributed by atoms with E-state index < -0.39 is 17.3 Å². The van der Waals surface area contributed by atoms with Crippen LogP contribution < -0.4 is 5.32 Å². The monoisotopic (exact) mass is 216 g/mol. The molecule has 1 aromatic rings. The molecule has 0 aromatic heterocycles. The molecule has 15 heavy (non-hydrogen) atoms. The topological polar surface area (TPSA) is 12.0 Å². The first-order valence-corrected chi connectivity index (χ1v) is 4.55. The summed E-state index contributed by atoms with van der Waals surface area (Å²) < 4.78 is 37.7. The van der Waals surface area contributed by atoms with Crippen LogP contribution in [-0.4, -0.2) is 5.54 Å². The molecule has 0 fully saturated rings. The van der Waals surface area contributed by atoms with Crippen LogP contribution in [0.25, 0.3) is 0 Å². The van der Waals surface area contributed by atoms with E-state index in [1.807, 2.05) is 20.8 Å². The quantitative estimate of drug-likeness (QED) is 0.754. The van der Waals surface area contributed by atoms with E-state index in [0.717, 1.165) is 6.07 Å². The van der Waals surface area contributed by atoms with Crippen LogP contribution >= 0.6 is 0 Å². The fourth-order valence-corrected chi connectivity index (χ4v) is 1.18. The Morgan fingerprint density at radius 3 is 2.27 bits per heavy atom. The molecule has 0 amide bonds. The highest BCUT2D eigenvalue weighted by atomic mass is 19.4. The van der Waals surface area contributed by atoms with Gasteiger partial charge in [0.05, 0.1) is 5.56 Å². The van der Waals surface area contributed by atoms with Crippen molar-refractivity contribution in [3.63, 3.8) is 0 Å². The SMILES string of the molecule is CC(C)(C)Nc1cc[c]cc1C(F)(F)F. The predicted octanol–water partition coefficient (Wildman–Crippen LogP) is 3.72. The fraction of sp³-hybridized carbons (Fsp3) is 0.455. The van der Waals surface area contributed by atoms with Gasteiger partial charge in [-0.15, -0.1) is 0 Å². The Labute approximate surface area is 87.3 Å². The molecule has 1 radical (unpaired) electrons. The van der Waals surface area contributed by atoms with Crippen molar-refractivity contribution in [1.29, 1.82) is 0 Å². The van der Waals surface area contributed by atoms with Gasteiger partial charge in [0.15, 0.2) is 0 Å². The van der Waals surface area contributed by atoms with Crippen molar-refractivity contribution in [3.8, 4) is 0 Å². The maximum atomic E-state index is 12.6. The van der Waals surface area contributed by atoms with Crippen molar-refractivity contribution < 1.29 is 13.2 Å². The zero-order valence-electron chi connectivity index (χ0n) is 8.87. The lowest BCUT2D eigenvalue weighted by Crippen LogP contribution is -2.27. The third-order valence-corrected chi connectivity index (χ3v) is 1.68. The van der Waals surface area contributed by atoms with Crippen molar-refractivity contribution in [1.82, 2.24) is 0 Å². The van der Waals surface area contributed by atoms with E-state index in [1.165, 1.54) is 12.1 Å². The molecule has 0 unspecified atom stereocenters. The summed E-state index contributed by atoms with van der Waals surface area (Å²) in [5.74, 6) is 0. The Hall–Kier alpha value is -1.19. The highest BCUT2D eigenvalue weighted by Crippen LogP contribution is 2.35. The number of hydrogen-bond donors (Lipinski definition) is 1. The molecular formula is C11H13F3N. The van der Waals surface area contributed by atoms with Crippen LogP contribution in [0.2, 0.25) is 0 Å². The number of benzene rings is 1. The molecule has 83 valence electrons. The van der Waals surface area contributed by atoms with E-state index in [4.69, 9.17) is 0 Å². The zero-order chi connectivity index (χ0) is 11.7. The predicted molar refractivity (Wildman–Crippen MR) is 53.7 cm³/mol. The second-order valence-electron chi connectivity index (χ2n) is 4.34. The van der Waals surface area contributed by atoms with E-state index in [2.05, 4.69) is 11.4 Å². The summed E-state index contributed by atoms with van der Waals surface area (Å²) >= 11 is 0. The first-order chi connectivity index (χ1) is 6.70. The van der Waals surface area contributed by atoms with E-state index in [0.29, 0.717) is 0 Å². The molecule has 1 N–H and O–H groups in total. The minimum atomic E-state index is -4.34. The Morgan fingerprint density at radius 1 is 1.20 bits per heavy atom. The summed E-state index contributed by atoms with van der Waals surface area (Å²) in [4.78, 5) is 0. The average molecular weight is 216 g/mol. The van der Waals surface area contributed by atoms with E-state index in [1.54, 1.807) is 0 Å². The van der Waals surface area contributed by atoms with Crippen molar-refractivity contribution in [2.75, 3.05) is 5.32 Å². The highest BCUT2D eigenvalue weighted by Gasteiger charge is 2.33. The second kappa shape index (κ2) is 3.76. The fourth-order valence-electron chi connectivity index (χ4n) is 1.18. The van der Waals surface area contributed by atoms with Crippen molar-refractivity contribution in [2.24, 2.45) is 0 Å². The molecule has 0 aliphatic heterocycles. The third-order valence-electron chi connectivity index (χ3n) is 1.68. The molecule has 1 aromatic carbocycles. The van der Waals surface area contributed by atoms with Gasteiger partial charge in [-0.3, -0.25) is 0 Å². The van der Waals surface area contributed by atoms with Gasteiger partial charge < -0.3 is 5.32 Å². The molecule has 0 spiro atoms. The summed E-state index contributed by atoms with van der Waals surface area (Å²) in [5, 5.41) is 2.82. The van der Waals surface area contributed by atoms with Crippen LogP contribution in [0.1, 0.15) is 26.3 Å². The summed E-state index contributed by atoms with van der Waals surface area (Å²) in [6, 6.07) is 6.23. The van der Waals surface area contributed by atoms with Crippen LogP contribution in [0.15, 0.2) is 18.2 Å². The van der Waals surface area contributed by atoms with Crippen LogP contribution in [-0.2, 0) is 6.18 Å². The Bertz CT molecular complexity index is 336. The van der Waals surface area contributed by atoms with Gasteiger partial charge in [0.25, 0.3) is 0 Å².